The van der Waals surface area contributed by atoms with Crippen LogP contribution in [0.4, 0.5) is 8.78 Å². The molecular weight excluding hydrogens is 214 g/mol. The van der Waals surface area contributed by atoms with Crippen molar-refractivity contribution in [3.8, 4) is 0 Å². The zero-order valence-corrected chi connectivity index (χ0v) is 7.95. The summed E-state index contributed by atoms with van der Waals surface area (Å²) >= 11 is 0. The van der Waals surface area contributed by atoms with Gasteiger partial charge in [0, 0.05) is 0 Å². The minimum Gasteiger partial charge on any atom is -0.501 e. The lowest BCUT2D eigenvalue weighted by molar-refractivity contribution is -0.156. The van der Waals surface area contributed by atoms with Gasteiger partial charge >= 0.3 is 11.9 Å². The molecule has 0 N–H and O–H groups in total. The van der Waals surface area contributed by atoms with Crippen LogP contribution in [-0.2, 0) is 23.8 Å². The van der Waals surface area contributed by atoms with Crippen LogP contribution in [0.25, 0.3) is 0 Å². The molecule has 0 saturated carbocycles. The van der Waals surface area contributed by atoms with E-state index in [-0.39, 0.29) is 0 Å². The zero-order chi connectivity index (χ0) is 11.8. The topological polar surface area (TPSA) is 61.8 Å². The fourth-order valence-corrected chi connectivity index (χ4v) is 0.485. The average Bonchev–Trinajstić information content (AvgIpc) is 2.18. The number of hydrogen-bond donors (Lipinski definition) is 0. The van der Waals surface area contributed by atoms with E-state index in [0.717, 1.165) is 14.2 Å². The average molecular weight is 222 g/mol. The van der Waals surface area contributed by atoms with Crippen molar-refractivity contribution in [2.24, 2.45) is 0 Å². The number of carbonyl (C=O) groups is 2. The fraction of sp³-hybridized carbons (Fsp3) is 0.250. The van der Waals surface area contributed by atoms with Gasteiger partial charge in [0.1, 0.15) is 12.5 Å². The number of rotatable bonds is 4. The Hall–Kier alpha value is -1.92. The van der Waals surface area contributed by atoms with Crippen molar-refractivity contribution in [1.29, 1.82) is 0 Å². The molecule has 0 saturated heterocycles. The highest BCUT2D eigenvalue weighted by atomic mass is 19.1. The Bertz CT molecular complexity index is 278. The maximum absolute atomic E-state index is 12.5. The van der Waals surface area contributed by atoms with Crippen LogP contribution in [0, 0.1) is 0 Å². The molecule has 84 valence electrons. The van der Waals surface area contributed by atoms with Crippen LogP contribution in [0.15, 0.2) is 24.2 Å². The maximum Gasteiger partial charge on any atom is 0.378 e. The summed E-state index contributed by atoms with van der Waals surface area (Å²) in [5, 5.41) is 0. The molecule has 7 heteroatoms. The third-order valence-corrected chi connectivity index (χ3v) is 1.02. The molecule has 0 aromatic rings. The molecule has 5 nitrogen and oxygen atoms in total. The Morgan fingerprint density at radius 3 is 1.53 bits per heavy atom. The maximum atomic E-state index is 12.5. The summed E-state index contributed by atoms with van der Waals surface area (Å²) in [5.74, 6) is -6.23. The van der Waals surface area contributed by atoms with Crippen LogP contribution in [-0.4, -0.2) is 26.2 Å². The van der Waals surface area contributed by atoms with Crippen molar-refractivity contribution in [2.75, 3.05) is 14.2 Å². The van der Waals surface area contributed by atoms with Gasteiger partial charge in [0.2, 0.25) is 11.7 Å². The Morgan fingerprint density at radius 2 is 1.27 bits per heavy atom. The first-order chi connectivity index (χ1) is 7.02. The molecule has 0 rings (SSSR count). The third-order valence-electron chi connectivity index (χ3n) is 1.02. The monoisotopic (exact) mass is 222 g/mol. The molecule has 0 atom stereocenters. The van der Waals surface area contributed by atoms with E-state index in [1.54, 1.807) is 0 Å². The molecule has 0 fully saturated rings. The van der Waals surface area contributed by atoms with Gasteiger partial charge in [-0.3, -0.25) is 0 Å². The zero-order valence-electron chi connectivity index (χ0n) is 7.95. The Kier molecular flexibility index (Phi) is 5.69. The van der Waals surface area contributed by atoms with Gasteiger partial charge in [-0.2, -0.15) is 8.78 Å². The van der Waals surface area contributed by atoms with Gasteiger partial charge in [0.25, 0.3) is 0 Å². The second kappa shape index (κ2) is 6.52. The van der Waals surface area contributed by atoms with Crippen molar-refractivity contribution in [1.82, 2.24) is 0 Å². The highest BCUT2D eigenvalue weighted by molar-refractivity contribution is 5.99. The predicted octanol–water partition coefficient (Wildman–Crippen LogP) is 0.971. The van der Waals surface area contributed by atoms with Crippen LogP contribution >= 0.6 is 0 Å². The molecule has 0 aliphatic rings. The summed E-state index contributed by atoms with van der Waals surface area (Å²) in [6, 6.07) is 0. The van der Waals surface area contributed by atoms with Crippen LogP contribution < -0.4 is 0 Å². The van der Waals surface area contributed by atoms with Crippen molar-refractivity contribution in [2.45, 2.75) is 0 Å². The van der Waals surface area contributed by atoms with E-state index in [0.29, 0.717) is 12.5 Å². The van der Waals surface area contributed by atoms with Crippen LogP contribution in [0.5, 0.6) is 0 Å². The molecule has 0 unspecified atom stereocenters. The van der Waals surface area contributed by atoms with Gasteiger partial charge in [0.05, 0.1) is 14.2 Å². The van der Waals surface area contributed by atoms with E-state index in [9.17, 15) is 18.4 Å². The molecule has 0 aliphatic carbocycles. The molecule has 0 radical (unpaired) electrons. The lowest BCUT2D eigenvalue weighted by atomic mass is 10.5. The van der Waals surface area contributed by atoms with Gasteiger partial charge in [-0.25, -0.2) is 9.59 Å². The standard InChI is InChI=1S/C8H8F2O5/c1-13-3-5(9)7(11)15-8(12)6(10)4-14-2/h3-4H,1-2H3/b5-3-,6-4-. The molecule has 0 aromatic heterocycles. The first-order valence-corrected chi connectivity index (χ1v) is 3.56. The van der Waals surface area contributed by atoms with Crippen molar-refractivity contribution < 1.29 is 32.6 Å². The minimum absolute atomic E-state index is 0.410. The predicted molar refractivity (Wildman–Crippen MR) is 43.5 cm³/mol. The van der Waals surface area contributed by atoms with Crippen LogP contribution in [0.3, 0.4) is 0 Å². The molecule has 0 heterocycles. The first-order valence-electron chi connectivity index (χ1n) is 3.56. The molecule has 0 amide bonds. The number of hydrogen-bond acceptors (Lipinski definition) is 5. The minimum atomic E-state index is -1.65. The molecule has 0 aromatic carbocycles. The normalized spacial score (nSPS) is 12.0. The van der Waals surface area contributed by atoms with Crippen molar-refractivity contribution in [3.05, 3.63) is 24.2 Å². The van der Waals surface area contributed by atoms with Crippen molar-refractivity contribution >= 4 is 11.9 Å². The Labute approximate surface area is 83.9 Å². The van der Waals surface area contributed by atoms with Gasteiger partial charge < -0.3 is 14.2 Å². The highest BCUT2D eigenvalue weighted by Crippen LogP contribution is 2.05. The smallest absolute Gasteiger partial charge is 0.378 e. The molecule has 0 spiro atoms. The Balaban J connectivity index is 4.37. The summed E-state index contributed by atoms with van der Waals surface area (Å²) in [5.41, 5.74) is 0. The summed E-state index contributed by atoms with van der Waals surface area (Å²) in [6.07, 6.45) is 0.821. The van der Waals surface area contributed by atoms with E-state index in [1.807, 2.05) is 0 Å². The number of esters is 2. The summed E-state index contributed by atoms with van der Waals surface area (Å²) in [6.45, 7) is 0. The Morgan fingerprint density at radius 1 is 0.933 bits per heavy atom. The van der Waals surface area contributed by atoms with Gasteiger partial charge in [-0.15, -0.1) is 0 Å². The van der Waals surface area contributed by atoms with Crippen LogP contribution in [0.1, 0.15) is 0 Å². The van der Waals surface area contributed by atoms with Gasteiger partial charge in [0.15, 0.2) is 0 Å². The number of carbonyl (C=O) groups excluding carboxylic acids is 2. The quantitative estimate of drug-likeness (QED) is 0.307. The number of ether oxygens (including phenoxy) is 3. The molecule has 15 heavy (non-hydrogen) atoms. The van der Waals surface area contributed by atoms with Crippen LogP contribution in [0.2, 0.25) is 0 Å². The second-order valence-electron chi connectivity index (χ2n) is 2.08. The van der Waals surface area contributed by atoms with Gasteiger partial charge in [-0.1, -0.05) is 0 Å². The lowest BCUT2D eigenvalue weighted by Gasteiger charge is -1.98. The SMILES string of the molecule is CO/C=C(\F)C(=O)OC(=O)/C(F)=C/OC. The summed E-state index contributed by atoms with van der Waals surface area (Å²) < 4.78 is 37.1. The third kappa shape index (κ3) is 4.75. The number of methoxy groups -OCH3 is 2. The highest BCUT2D eigenvalue weighted by Gasteiger charge is 2.19. The first kappa shape index (κ1) is 13.1. The lowest BCUT2D eigenvalue weighted by Crippen LogP contribution is -2.13. The molecule has 0 aliphatic heterocycles. The number of halogens is 2. The van der Waals surface area contributed by atoms with E-state index in [1.165, 1.54) is 0 Å². The van der Waals surface area contributed by atoms with E-state index < -0.39 is 23.6 Å². The summed E-state index contributed by atoms with van der Waals surface area (Å²) in [7, 11) is 2.17. The summed E-state index contributed by atoms with van der Waals surface area (Å²) in [4.78, 5) is 21.3. The van der Waals surface area contributed by atoms with E-state index in [2.05, 4.69) is 14.2 Å². The van der Waals surface area contributed by atoms with Gasteiger partial charge in [-0.05, 0) is 0 Å². The molecule has 0 bridgehead atoms. The second-order valence-corrected chi connectivity index (χ2v) is 2.08. The van der Waals surface area contributed by atoms with Crippen molar-refractivity contribution in [3.63, 3.8) is 0 Å². The van der Waals surface area contributed by atoms with E-state index >= 15 is 0 Å². The molecular formula is C8H8F2O5. The van der Waals surface area contributed by atoms with E-state index in [4.69, 9.17) is 0 Å². The fourth-order valence-electron chi connectivity index (χ4n) is 0.485. The largest absolute Gasteiger partial charge is 0.501 e.